The summed E-state index contributed by atoms with van der Waals surface area (Å²) < 4.78 is 5.62. The van der Waals surface area contributed by atoms with Gasteiger partial charge in [-0.05, 0) is 56.8 Å². The zero-order valence-corrected chi connectivity index (χ0v) is 17.1. The van der Waals surface area contributed by atoms with Crippen LogP contribution in [0.25, 0.3) is 0 Å². The third kappa shape index (κ3) is 6.04. The second-order valence-corrected chi connectivity index (χ2v) is 8.05. The number of piperidine rings is 1. The van der Waals surface area contributed by atoms with E-state index in [2.05, 4.69) is 27.5 Å². The number of aryl methyl sites for hydroxylation is 1. The molecule has 0 atom stereocenters. The number of para-hydroxylation sites is 1. The van der Waals surface area contributed by atoms with E-state index in [1.807, 2.05) is 31.2 Å². The number of benzene rings is 1. The van der Waals surface area contributed by atoms with Gasteiger partial charge in [-0.2, -0.15) is 0 Å². The summed E-state index contributed by atoms with van der Waals surface area (Å²) in [6.07, 6.45) is 3.60. The largest absolute Gasteiger partial charge is 0.494 e. The number of rotatable bonds is 8. The van der Waals surface area contributed by atoms with Gasteiger partial charge in [-0.1, -0.05) is 25.1 Å². The van der Waals surface area contributed by atoms with E-state index >= 15 is 0 Å². The number of nitrogens with one attached hydrogen (secondary N) is 1. The molecular weight excluding hydrogens is 358 g/mol. The normalized spacial score (nSPS) is 15.6. The number of carbonyl (C=O) groups is 1. The molecule has 1 aromatic heterocycles. The molecule has 1 N–H and O–H groups in total. The van der Waals surface area contributed by atoms with Gasteiger partial charge in [0.1, 0.15) is 5.75 Å². The Bertz CT molecular complexity index is 739. The van der Waals surface area contributed by atoms with Crippen molar-refractivity contribution in [3.05, 3.63) is 40.9 Å². The Morgan fingerprint density at radius 1 is 1.33 bits per heavy atom. The third-order valence-corrected chi connectivity index (χ3v) is 5.76. The second-order valence-electron chi connectivity index (χ2n) is 7.19. The van der Waals surface area contributed by atoms with Crippen LogP contribution >= 0.6 is 11.3 Å². The summed E-state index contributed by atoms with van der Waals surface area (Å²) in [5.74, 6) is 1.69. The average Bonchev–Trinajstić information content (AvgIpc) is 3.10. The molecule has 1 aliphatic rings. The van der Waals surface area contributed by atoms with E-state index in [0.29, 0.717) is 24.6 Å². The topological polar surface area (TPSA) is 54.5 Å². The summed E-state index contributed by atoms with van der Waals surface area (Å²) in [7, 11) is 0. The Balaban J connectivity index is 1.47. The minimum Gasteiger partial charge on any atom is -0.494 e. The lowest BCUT2D eigenvalue weighted by Crippen LogP contribution is -2.32. The number of ether oxygens (including phenoxy) is 1. The van der Waals surface area contributed by atoms with Crippen LogP contribution in [0.2, 0.25) is 0 Å². The maximum absolute atomic E-state index is 12.3. The number of carbonyl (C=O) groups excluding carboxylic acids is 1. The summed E-state index contributed by atoms with van der Waals surface area (Å²) in [5, 5.41) is 5.68. The molecule has 146 valence electrons. The Morgan fingerprint density at radius 3 is 2.89 bits per heavy atom. The predicted molar refractivity (Wildman–Crippen MR) is 110 cm³/mol. The van der Waals surface area contributed by atoms with Gasteiger partial charge in [0.05, 0.1) is 12.3 Å². The molecule has 3 rings (SSSR count). The first kappa shape index (κ1) is 19.8. The Kier molecular flexibility index (Phi) is 7.24. The molecule has 0 unspecified atom stereocenters. The quantitative estimate of drug-likeness (QED) is 0.732. The minimum atomic E-state index is -0.00556. The zero-order chi connectivity index (χ0) is 19.1. The zero-order valence-electron chi connectivity index (χ0n) is 16.2. The van der Waals surface area contributed by atoms with Crippen LogP contribution in [0.1, 0.15) is 44.4 Å². The van der Waals surface area contributed by atoms with Gasteiger partial charge in [-0.25, -0.2) is 4.98 Å². The van der Waals surface area contributed by atoms with Gasteiger partial charge in [0.2, 0.25) is 5.91 Å². The van der Waals surface area contributed by atoms with Gasteiger partial charge in [0, 0.05) is 18.3 Å². The van der Waals surface area contributed by atoms with E-state index in [9.17, 15) is 4.79 Å². The van der Waals surface area contributed by atoms with Crippen LogP contribution in [0.15, 0.2) is 29.6 Å². The summed E-state index contributed by atoms with van der Waals surface area (Å²) >= 11 is 1.51. The molecule has 0 saturated carbocycles. The average molecular weight is 388 g/mol. The number of anilines is 1. The molecule has 6 heteroatoms. The van der Waals surface area contributed by atoms with E-state index in [1.165, 1.54) is 24.2 Å². The maximum Gasteiger partial charge on any atom is 0.226 e. The molecule has 2 aromatic rings. The number of aromatic nitrogens is 1. The Morgan fingerprint density at radius 2 is 2.11 bits per heavy atom. The van der Waals surface area contributed by atoms with Gasteiger partial charge < -0.3 is 10.1 Å². The van der Waals surface area contributed by atoms with E-state index in [4.69, 9.17) is 4.74 Å². The smallest absolute Gasteiger partial charge is 0.226 e. The van der Waals surface area contributed by atoms with Gasteiger partial charge in [0.25, 0.3) is 0 Å². The van der Waals surface area contributed by atoms with E-state index < -0.39 is 0 Å². The van der Waals surface area contributed by atoms with Gasteiger partial charge >= 0.3 is 0 Å². The second kappa shape index (κ2) is 9.85. The van der Waals surface area contributed by atoms with Crippen LogP contribution in [0.5, 0.6) is 5.75 Å². The molecule has 0 bridgehead atoms. The molecular formula is C21H29N3O2S. The van der Waals surface area contributed by atoms with Crippen molar-refractivity contribution in [2.75, 3.05) is 25.0 Å². The summed E-state index contributed by atoms with van der Waals surface area (Å²) in [6, 6.07) is 7.89. The highest BCUT2D eigenvalue weighted by molar-refractivity contribution is 7.13. The molecule has 2 heterocycles. The van der Waals surface area contributed by atoms with Crippen molar-refractivity contribution in [2.45, 2.75) is 46.1 Å². The van der Waals surface area contributed by atoms with Gasteiger partial charge in [-0.3, -0.25) is 9.69 Å². The Hall–Kier alpha value is -1.92. The van der Waals surface area contributed by atoms with Crippen molar-refractivity contribution < 1.29 is 9.53 Å². The highest BCUT2D eigenvalue weighted by Gasteiger charge is 2.17. The van der Waals surface area contributed by atoms with Crippen LogP contribution in [-0.2, 0) is 17.8 Å². The number of thiazole rings is 1. The van der Waals surface area contributed by atoms with Crippen molar-refractivity contribution >= 4 is 22.4 Å². The molecule has 1 aliphatic heterocycles. The summed E-state index contributed by atoms with van der Waals surface area (Å²) in [4.78, 5) is 19.3. The SMILES string of the molecule is CCOc1ccccc1CCC(=O)Nc1nc(CN2CCC(C)CC2)cs1. The highest BCUT2D eigenvalue weighted by atomic mass is 32.1. The standard InChI is InChI=1S/C21H29N3O2S/c1-3-26-19-7-5-4-6-17(19)8-9-20(25)23-21-22-18(15-27-21)14-24-12-10-16(2)11-13-24/h4-7,15-16H,3,8-14H2,1-2H3,(H,22,23,25). The fourth-order valence-electron chi connectivity index (χ4n) is 3.32. The lowest BCUT2D eigenvalue weighted by atomic mass is 9.99. The predicted octanol–water partition coefficient (Wildman–Crippen LogP) is 4.35. The number of likely N-dealkylation sites (tertiary alicyclic amines) is 1. The van der Waals surface area contributed by atoms with E-state index in [-0.39, 0.29) is 5.91 Å². The van der Waals surface area contributed by atoms with Crippen molar-refractivity contribution in [2.24, 2.45) is 5.92 Å². The van der Waals surface area contributed by atoms with Crippen molar-refractivity contribution in [1.29, 1.82) is 0 Å². The number of nitrogens with zero attached hydrogens (tertiary/aromatic N) is 2. The van der Waals surface area contributed by atoms with Gasteiger partial charge in [-0.15, -0.1) is 11.3 Å². The molecule has 0 radical (unpaired) electrons. The van der Waals surface area contributed by atoms with Crippen LogP contribution < -0.4 is 10.1 Å². The Labute approximate surface area is 165 Å². The molecule has 27 heavy (non-hydrogen) atoms. The fourth-order valence-corrected chi connectivity index (χ4v) is 4.04. The number of amides is 1. The van der Waals surface area contributed by atoms with Crippen LogP contribution in [0, 0.1) is 5.92 Å². The van der Waals surface area contributed by atoms with Crippen LogP contribution in [0.4, 0.5) is 5.13 Å². The maximum atomic E-state index is 12.3. The number of hydrogen-bond acceptors (Lipinski definition) is 5. The van der Waals surface area contributed by atoms with Crippen molar-refractivity contribution in [3.63, 3.8) is 0 Å². The lowest BCUT2D eigenvalue weighted by molar-refractivity contribution is -0.116. The first-order valence-electron chi connectivity index (χ1n) is 9.81. The summed E-state index contributed by atoms with van der Waals surface area (Å²) in [6.45, 7) is 8.07. The highest BCUT2D eigenvalue weighted by Crippen LogP contribution is 2.22. The minimum absolute atomic E-state index is 0.00556. The van der Waals surface area contributed by atoms with Crippen molar-refractivity contribution in [1.82, 2.24) is 9.88 Å². The van der Waals surface area contributed by atoms with E-state index in [1.54, 1.807) is 0 Å². The fraction of sp³-hybridized carbons (Fsp3) is 0.524. The monoisotopic (exact) mass is 387 g/mol. The molecule has 1 aromatic carbocycles. The summed E-state index contributed by atoms with van der Waals surface area (Å²) in [5.41, 5.74) is 2.11. The van der Waals surface area contributed by atoms with Crippen LogP contribution in [-0.4, -0.2) is 35.5 Å². The molecule has 1 saturated heterocycles. The third-order valence-electron chi connectivity index (χ3n) is 4.95. The van der Waals surface area contributed by atoms with E-state index in [0.717, 1.165) is 42.6 Å². The molecule has 1 fully saturated rings. The first-order valence-corrected chi connectivity index (χ1v) is 10.7. The molecule has 1 amide bonds. The van der Waals surface area contributed by atoms with Gasteiger partial charge in [0.15, 0.2) is 5.13 Å². The number of hydrogen-bond donors (Lipinski definition) is 1. The molecule has 5 nitrogen and oxygen atoms in total. The molecule has 0 spiro atoms. The van der Waals surface area contributed by atoms with Crippen molar-refractivity contribution in [3.8, 4) is 5.75 Å². The van der Waals surface area contributed by atoms with Crippen LogP contribution in [0.3, 0.4) is 0 Å². The molecule has 0 aliphatic carbocycles. The lowest BCUT2D eigenvalue weighted by Gasteiger charge is -2.29. The first-order chi connectivity index (χ1) is 13.1.